The molecule has 0 fully saturated rings. The number of aromatic nitrogens is 2. The van der Waals surface area contributed by atoms with Crippen LogP contribution in [0.15, 0.2) is 35.3 Å². The van der Waals surface area contributed by atoms with Crippen LogP contribution in [0.5, 0.6) is 0 Å². The van der Waals surface area contributed by atoms with Crippen LogP contribution in [0.4, 0.5) is 5.82 Å². The van der Waals surface area contributed by atoms with Crippen molar-refractivity contribution >= 4 is 17.7 Å². The molecule has 2 heterocycles. The number of amides is 1. The topological polar surface area (TPSA) is 112 Å². The zero-order valence-corrected chi connectivity index (χ0v) is 10.5. The minimum Gasteiger partial charge on any atom is -0.477 e. The van der Waals surface area contributed by atoms with Gasteiger partial charge in [-0.2, -0.15) is 0 Å². The lowest BCUT2D eigenvalue weighted by Gasteiger charge is -2.05. The Labute approximate surface area is 113 Å². The zero-order valence-electron chi connectivity index (χ0n) is 10.5. The molecule has 7 nitrogen and oxygen atoms in total. The van der Waals surface area contributed by atoms with Gasteiger partial charge in [-0.1, -0.05) is 6.07 Å². The SMILES string of the molecule is Cc1cc(=O)c(C(=O)Nc2cccc(C(=O)O)n2)c[nH]1. The number of carbonyl (C=O) groups excluding carboxylic acids is 1. The summed E-state index contributed by atoms with van der Waals surface area (Å²) in [4.78, 5) is 40.8. The summed E-state index contributed by atoms with van der Waals surface area (Å²) >= 11 is 0. The number of hydrogen-bond acceptors (Lipinski definition) is 4. The molecule has 0 unspecified atom stereocenters. The molecule has 0 aliphatic rings. The Morgan fingerprint density at radius 3 is 2.75 bits per heavy atom. The molecule has 2 rings (SSSR count). The second-order valence-corrected chi connectivity index (χ2v) is 4.06. The van der Waals surface area contributed by atoms with Crippen molar-refractivity contribution in [2.24, 2.45) is 0 Å². The number of nitrogens with zero attached hydrogens (tertiary/aromatic N) is 1. The number of rotatable bonds is 3. The molecule has 0 bridgehead atoms. The Bertz CT molecular complexity index is 736. The summed E-state index contributed by atoms with van der Waals surface area (Å²) in [5.41, 5.74) is -0.0515. The van der Waals surface area contributed by atoms with Gasteiger partial charge >= 0.3 is 5.97 Å². The maximum absolute atomic E-state index is 11.9. The largest absolute Gasteiger partial charge is 0.477 e. The number of carboxylic acid groups (broad SMARTS) is 1. The van der Waals surface area contributed by atoms with Crippen molar-refractivity contribution in [1.29, 1.82) is 0 Å². The third kappa shape index (κ3) is 2.89. The molecule has 102 valence electrons. The molecule has 1 amide bonds. The Hall–Kier alpha value is -2.96. The monoisotopic (exact) mass is 273 g/mol. The predicted octanol–water partition coefficient (Wildman–Crippen LogP) is 1.03. The summed E-state index contributed by atoms with van der Waals surface area (Å²) in [6, 6.07) is 5.49. The van der Waals surface area contributed by atoms with Crippen LogP contribution in [0, 0.1) is 6.92 Å². The van der Waals surface area contributed by atoms with Crippen molar-refractivity contribution in [2.75, 3.05) is 5.32 Å². The van der Waals surface area contributed by atoms with Crippen molar-refractivity contribution in [2.45, 2.75) is 6.92 Å². The fourth-order valence-corrected chi connectivity index (χ4v) is 1.56. The van der Waals surface area contributed by atoms with E-state index >= 15 is 0 Å². The van der Waals surface area contributed by atoms with Gasteiger partial charge in [0, 0.05) is 18.0 Å². The number of aromatic amines is 1. The van der Waals surface area contributed by atoms with E-state index in [9.17, 15) is 14.4 Å². The minimum atomic E-state index is -1.20. The van der Waals surface area contributed by atoms with Gasteiger partial charge in [-0.3, -0.25) is 9.59 Å². The van der Waals surface area contributed by atoms with Gasteiger partial charge in [0.05, 0.1) is 0 Å². The summed E-state index contributed by atoms with van der Waals surface area (Å²) in [5.74, 6) is -1.79. The van der Waals surface area contributed by atoms with Crippen LogP contribution in [-0.2, 0) is 0 Å². The van der Waals surface area contributed by atoms with Crippen LogP contribution in [-0.4, -0.2) is 27.0 Å². The van der Waals surface area contributed by atoms with Crippen molar-refractivity contribution in [1.82, 2.24) is 9.97 Å². The molecular weight excluding hydrogens is 262 g/mol. The highest BCUT2D eigenvalue weighted by Crippen LogP contribution is 2.06. The van der Waals surface area contributed by atoms with E-state index in [0.717, 1.165) is 0 Å². The van der Waals surface area contributed by atoms with Crippen molar-refractivity contribution in [3.8, 4) is 0 Å². The van der Waals surface area contributed by atoms with E-state index in [1.165, 1.54) is 30.5 Å². The van der Waals surface area contributed by atoms with E-state index in [1.54, 1.807) is 6.92 Å². The van der Waals surface area contributed by atoms with E-state index in [2.05, 4.69) is 15.3 Å². The van der Waals surface area contributed by atoms with Crippen LogP contribution in [0.2, 0.25) is 0 Å². The molecule has 3 N–H and O–H groups in total. The first-order valence-electron chi connectivity index (χ1n) is 5.68. The first-order valence-corrected chi connectivity index (χ1v) is 5.68. The number of anilines is 1. The molecule has 2 aromatic heterocycles. The predicted molar refractivity (Wildman–Crippen MR) is 70.9 cm³/mol. The molecule has 2 aromatic rings. The number of aromatic carboxylic acids is 1. The van der Waals surface area contributed by atoms with Gasteiger partial charge in [0.2, 0.25) is 0 Å². The van der Waals surface area contributed by atoms with Crippen LogP contribution >= 0.6 is 0 Å². The molecule has 0 aliphatic carbocycles. The number of hydrogen-bond donors (Lipinski definition) is 3. The first-order chi connectivity index (χ1) is 9.47. The summed E-state index contributed by atoms with van der Waals surface area (Å²) in [6.07, 6.45) is 1.30. The summed E-state index contributed by atoms with van der Waals surface area (Å²) in [6.45, 7) is 1.70. The second kappa shape index (κ2) is 5.35. The van der Waals surface area contributed by atoms with Crippen molar-refractivity contribution in [3.63, 3.8) is 0 Å². The second-order valence-electron chi connectivity index (χ2n) is 4.06. The molecular formula is C13H11N3O4. The molecule has 7 heteroatoms. The number of pyridine rings is 2. The van der Waals surface area contributed by atoms with E-state index in [4.69, 9.17) is 5.11 Å². The Morgan fingerprint density at radius 2 is 2.10 bits per heavy atom. The number of H-pyrrole nitrogens is 1. The average Bonchev–Trinajstić information content (AvgIpc) is 2.38. The lowest BCUT2D eigenvalue weighted by molar-refractivity contribution is 0.0690. The number of carboxylic acids is 1. The molecule has 0 aliphatic heterocycles. The van der Waals surface area contributed by atoms with Crippen LogP contribution < -0.4 is 10.7 Å². The maximum Gasteiger partial charge on any atom is 0.354 e. The van der Waals surface area contributed by atoms with Gasteiger partial charge in [0.15, 0.2) is 11.1 Å². The highest BCUT2D eigenvalue weighted by Gasteiger charge is 2.12. The van der Waals surface area contributed by atoms with E-state index in [0.29, 0.717) is 5.69 Å². The van der Waals surface area contributed by atoms with Crippen LogP contribution in [0.25, 0.3) is 0 Å². The number of nitrogens with one attached hydrogen (secondary N) is 2. The third-order valence-electron chi connectivity index (χ3n) is 2.51. The van der Waals surface area contributed by atoms with Gasteiger partial charge in [-0.05, 0) is 19.1 Å². The Balaban J connectivity index is 2.25. The average molecular weight is 273 g/mol. The van der Waals surface area contributed by atoms with Crippen LogP contribution in [0.1, 0.15) is 26.5 Å². The number of aryl methyl sites for hydroxylation is 1. The van der Waals surface area contributed by atoms with E-state index in [-0.39, 0.29) is 17.1 Å². The molecule has 0 atom stereocenters. The van der Waals surface area contributed by atoms with Gasteiger partial charge in [0.1, 0.15) is 11.4 Å². The van der Waals surface area contributed by atoms with Gasteiger partial charge in [-0.15, -0.1) is 0 Å². The fourth-order valence-electron chi connectivity index (χ4n) is 1.56. The normalized spacial score (nSPS) is 10.1. The molecule has 0 spiro atoms. The molecule has 20 heavy (non-hydrogen) atoms. The smallest absolute Gasteiger partial charge is 0.354 e. The summed E-state index contributed by atoms with van der Waals surface area (Å²) in [5, 5.41) is 11.2. The lowest BCUT2D eigenvalue weighted by atomic mass is 10.2. The van der Waals surface area contributed by atoms with E-state index in [1.807, 2.05) is 0 Å². The summed E-state index contributed by atoms with van der Waals surface area (Å²) in [7, 11) is 0. The van der Waals surface area contributed by atoms with Gasteiger partial charge < -0.3 is 15.4 Å². The van der Waals surface area contributed by atoms with Crippen LogP contribution in [0.3, 0.4) is 0 Å². The third-order valence-corrected chi connectivity index (χ3v) is 2.51. The van der Waals surface area contributed by atoms with Crippen molar-refractivity contribution in [3.05, 3.63) is 57.6 Å². The molecule has 0 saturated heterocycles. The minimum absolute atomic E-state index is 0.0647. The lowest BCUT2D eigenvalue weighted by Crippen LogP contribution is -2.22. The zero-order chi connectivity index (χ0) is 14.7. The first kappa shape index (κ1) is 13.5. The molecule has 0 saturated carbocycles. The highest BCUT2D eigenvalue weighted by atomic mass is 16.4. The van der Waals surface area contributed by atoms with Gasteiger partial charge in [0.25, 0.3) is 5.91 Å². The Kier molecular flexibility index (Phi) is 3.60. The quantitative estimate of drug-likeness (QED) is 0.773. The molecule has 0 aromatic carbocycles. The van der Waals surface area contributed by atoms with Gasteiger partial charge in [-0.25, -0.2) is 9.78 Å². The Morgan fingerprint density at radius 1 is 1.35 bits per heavy atom. The highest BCUT2D eigenvalue weighted by molar-refractivity contribution is 6.03. The van der Waals surface area contributed by atoms with Crippen molar-refractivity contribution < 1.29 is 14.7 Å². The molecule has 0 radical (unpaired) electrons. The number of carbonyl (C=O) groups is 2. The maximum atomic E-state index is 11.9. The summed E-state index contributed by atoms with van der Waals surface area (Å²) < 4.78 is 0. The van der Waals surface area contributed by atoms with E-state index < -0.39 is 17.3 Å². The fraction of sp³-hybridized carbons (Fsp3) is 0.0769. The standard InChI is InChI=1S/C13H11N3O4/c1-7-5-10(17)8(6-14-7)12(18)16-11-4-2-3-9(15-11)13(19)20/h2-6H,1H3,(H,14,17)(H,19,20)(H,15,16,18).